The first-order valence-electron chi connectivity index (χ1n) is 11.0. The van der Waals surface area contributed by atoms with E-state index in [4.69, 9.17) is 21.3 Å². The van der Waals surface area contributed by atoms with Gasteiger partial charge >= 0.3 is 0 Å². The molecule has 0 saturated heterocycles. The molecule has 2 aromatic rings. The number of methoxy groups -OCH3 is 1. The number of nitrogens with two attached hydrogens (primary N) is 1. The lowest BCUT2D eigenvalue weighted by Gasteiger charge is -2.26. The minimum atomic E-state index is -0.368. The molecule has 2 atom stereocenters. The Kier molecular flexibility index (Phi) is 9.04. The summed E-state index contributed by atoms with van der Waals surface area (Å²) in [5.74, 6) is 1.13. The van der Waals surface area contributed by atoms with Gasteiger partial charge in [-0.05, 0) is 45.4 Å². The van der Waals surface area contributed by atoms with E-state index in [2.05, 4.69) is 15.3 Å². The number of nitrogens with zero attached hydrogens (tertiary/aromatic N) is 2. The average Bonchev–Trinajstić information content (AvgIpc) is 2.80. The summed E-state index contributed by atoms with van der Waals surface area (Å²) in [6, 6.07) is 1.28. The van der Waals surface area contributed by atoms with Gasteiger partial charge in [0.2, 0.25) is 0 Å². The lowest BCUT2D eigenvalue weighted by atomic mass is 9.86. The summed E-state index contributed by atoms with van der Waals surface area (Å²) in [6.45, 7) is 7.47. The van der Waals surface area contributed by atoms with Gasteiger partial charge in [-0.15, -0.1) is 0 Å². The minimum Gasteiger partial charge on any atom is -0.508 e. The topological polar surface area (TPSA) is 158 Å². The molecular formula is C24H34N6O3. The zero-order valence-corrected chi connectivity index (χ0v) is 20.0. The number of ketones is 1. The number of Topliss-reactive ketones (excluding diaryl/α,β-unsaturated/α-hetero) is 1. The van der Waals surface area contributed by atoms with Gasteiger partial charge in [0.05, 0.1) is 24.4 Å². The molecule has 0 aliphatic carbocycles. The standard InChI is InChI=1S/C24H34N6O3/c1-6-17(31)8-7-16(10-25)21-13(2)20(32)9-18(23(21)33-5)15(4)30-24-22(14(3)27)19(11-26)28-12-29-24/h9,11-12,15-16,26-27,32H,6-8,10,25H2,1-5H3,(H,28,29,30). The van der Waals surface area contributed by atoms with Crippen LogP contribution in [0, 0.1) is 17.7 Å². The van der Waals surface area contributed by atoms with Crippen molar-refractivity contribution in [2.24, 2.45) is 5.73 Å². The molecule has 1 aromatic heterocycles. The molecule has 2 rings (SSSR count). The van der Waals surface area contributed by atoms with Crippen LogP contribution in [0.15, 0.2) is 12.4 Å². The van der Waals surface area contributed by atoms with Crippen LogP contribution in [0.1, 0.15) is 79.9 Å². The third-order valence-corrected chi connectivity index (χ3v) is 5.86. The first-order chi connectivity index (χ1) is 15.7. The molecule has 0 aliphatic rings. The smallest absolute Gasteiger partial charge is 0.139 e. The van der Waals surface area contributed by atoms with Crippen molar-refractivity contribution in [2.75, 3.05) is 19.0 Å². The number of hydrogen-bond donors (Lipinski definition) is 5. The van der Waals surface area contributed by atoms with Gasteiger partial charge in [0.25, 0.3) is 0 Å². The average molecular weight is 455 g/mol. The number of anilines is 1. The first kappa shape index (κ1) is 25.9. The van der Waals surface area contributed by atoms with Crippen LogP contribution < -0.4 is 15.8 Å². The zero-order chi connectivity index (χ0) is 24.7. The monoisotopic (exact) mass is 454 g/mol. The molecule has 0 saturated carbocycles. The van der Waals surface area contributed by atoms with Crippen LogP contribution in [-0.2, 0) is 4.79 Å². The number of aromatic nitrogens is 2. The summed E-state index contributed by atoms with van der Waals surface area (Å²) in [4.78, 5) is 20.3. The van der Waals surface area contributed by atoms with Crippen molar-refractivity contribution >= 4 is 23.5 Å². The van der Waals surface area contributed by atoms with Gasteiger partial charge in [-0.2, -0.15) is 0 Å². The summed E-state index contributed by atoms with van der Waals surface area (Å²) in [7, 11) is 1.57. The highest BCUT2D eigenvalue weighted by Crippen LogP contribution is 2.42. The normalized spacial score (nSPS) is 12.7. The van der Waals surface area contributed by atoms with Crippen LogP contribution in [0.3, 0.4) is 0 Å². The molecule has 1 heterocycles. The molecule has 0 fully saturated rings. The van der Waals surface area contributed by atoms with Gasteiger partial charge in [0, 0.05) is 41.8 Å². The molecular weight excluding hydrogens is 420 g/mol. The summed E-state index contributed by atoms with van der Waals surface area (Å²) in [6.07, 6.45) is 3.88. The lowest BCUT2D eigenvalue weighted by molar-refractivity contribution is -0.118. The van der Waals surface area contributed by atoms with Gasteiger partial charge in [-0.1, -0.05) is 6.92 Å². The molecule has 0 amide bonds. The number of benzene rings is 1. The predicted octanol–water partition coefficient (Wildman–Crippen LogP) is 3.86. The number of hydrogen-bond acceptors (Lipinski definition) is 9. The number of phenolic OH excluding ortho intramolecular Hbond substituents is 1. The Hall–Kier alpha value is -3.33. The van der Waals surface area contributed by atoms with Gasteiger partial charge in [-0.3, -0.25) is 4.79 Å². The first-order valence-corrected chi connectivity index (χ1v) is 11.0. The number of carbonyl (C=O) groups excluding carboxylic acids is 1. The Balaban J connectivity index is 2.54. The van der Waals surface area contributed by atoms with Gasteiger partial charge in [0.1, 0.15) is 29.4 Å². The van der Waals surface area contributed by atoms with E-state index >= 15 is 0 Å². The second-order valence-electron chi connectivity index (χ2n) is 8.04. The fourth-order valence-electron chi connectivity index (χ4n) is 3.99. The van der Waals surface area contributed by atoms with Crippen LogP contribution >= 0.6 is 0 Å². The minimum absolute atomic E-state index is 0.112. The van der Waals surface area contributed by atoms with Crippen molar-refractivity contribution < 1.29 is 14.6 Å². The van der Waals surface area contributed by atoms with Gasteiger partial charge in [0.15, 0.2) is 0 Å². The molecule has 9 heteroatoms. The van der Waals surface area contributed by atoms with E-state index in [9.17, 15) is 9.90 Å². The third kappa shape index (κ3) is 5.73. The number of nitrogens with one attached hydrogen (secondary N) is 3. The Morgan fingerprint density at radius 2 is 2.09 bits per heavy atom. The number of rotatable bonds is 12. The van der Waals surface area contributed by atoms with E-state index in [0.29, 0.717) is 59.8 Å². The van der Waals surface area contributed by atoms with Crippen molar-refractivity contribution in [2.45, 2.75) is 58.9 Å². The van der Waals surface area contributed by atoms with Crippen molar-refractivity contribution in [3.05, 3.63) is 40.3 Å². The molecule has 0 spiro atoms. The largest absolute Gasteiger partial charge is 0.508 e. The summed E-state index contributed by atoms with van der Waals surface area (Å²) in [5.41, 5.74) is 9.25. The highest BCUT2D eigenvalue weighted by Gasteiger charge is 2.26. The van der Waals surface area contributed by atoms with E-state index < -0.39 is 0 Å². The summed E-state index contributed by atoms with van der Waals surface area (Å²) in [5, 5.41) is 29.7. The maximum atomic E-state index is 11.9. The van der Waals surface area contributed by atoms with E-state index in [1.54, 1.807) is 20.1 Å². The number of carbonyl (C=O) groups is 1. The van der Waals surface area contributed by atoms with Crippen LogP contribution in [0.25, 0.3) is 0 Å². The molecule has 178 valence electrons. The van der Waals surface area contributed by atoms with Crippen LogP contribution in [0.4, 0.5) is 5.82 Å². The summed E-state index contributed by atoms with van der Waals surface area (Å²) >= 11 is 0. The van der Waals surface area contributed by atoms with Crippen molar-refractivity contribution in [3.63, 3.8) is 0 Å². The Labute approximate surface area is 194 Å². The second-order valence-corrected chi connectivity index (χ2v) is 8.04. The SMILES string of the molecule is CCC(=O)CCC(CN)c1c(C)c(O)cc(C(C)Nc2ncnc(C=N)c2C(C)=N)c1OC. The molecule has 33 heavy (non-hydrogen) atoms. The van der Waals surface area contributed by atoms with E-state index in [-0.39, 0.29) is 29.2 Å². The fraction of sp³-hybridized carbons (Fsp3) is 0.458. The highest BCUT2D eigenvalue weighted by atomic mass is 16.5. The highest BCUT2D eigenvalue weighted by molar-refractivity contribution is 6.06. The molecule has 0 radical (unpaired) electrons. The fourth-order valence-corrected chi connectivity index (χ4v) is 3.99. The summed E-state index contributed by atoms with van der Waals surface area (Å²) < 4.78 is 5.81. The van der Waals surface area contributed by atoms with Crippen molar-refractivity contribution in [3.8, 4) is 11.5 Å². The second kappa shape index (κ2) is 11.5. The maximum absolute atomic E-state index is 11.9. The van der Waals surface area contributed by atoms with Crippen LogP contribution in [0.5, 0.6) is 11.5 Å². The lowest BCUT2D eigenvalue weighted by Crippen LogP contribution is -2.19. The third-order valence-electron chi connectivity index (χ3n) is 5.86. The number of ether oxygens (including phenoxy) is 1. The van der Waals surface area contributed by atoms with Gasteiger partial charge in [-0.25, -0.2) is 9.97 Å². The molecule has 2 unspecified atom stereocenters. The van der Waals surface area contributed by atoms with Gasteiger partial charge < -0.3 is 31.7 Å². The maximum Gasteiger partial charge on any atom is 0.139 e. The Morgan fingerprint density at radius 3 is 2.64 bits per heavy atom. The number of aromatic hydroxyl groups is 1. The zero-order valence-electron chi connectivity index (χ0n) is 20.0. The molecule has 6 N–H and O–H groups in total. The van der Waals surface area contributed by atoms with Crippen molar-refractivity contribution in [1.82, 2.24) is 9.97 Å². The van der Waals surface area contributed by atoms with E-state index in [1.807, 2.05) is 20.8 Å². The molecule has 9 nitrogen and oxygen atoms in total. The van der Waals surface area contributed by atoms with E-state index in [1.165, 1.54) is 6.33 Å². The molecule has 0 aliphatic heterocycles. The van der Waals surface area contributed by atoms with Crippen molar-refractivity contribution in [1.29, 1.82) is 10.8 Å². The molecule has 1 aromatic carbocycles. The van der Waals surface area contributed by atoms with E-state index in [0.717, 1.165) is 11.8 Å². The van der Waals surface area contributed by atoms with Crippen LogP contribution in [-0.4, -0.2) is 46.4 Å². The molecule has 0 bridgehead atoms. The number of phenols is 1. The Morgan fingerprint density at radius 1 is 1.39 bits per heavy atom. The Bertz CT molecular complexity index is 1040. The van der Waals surface area contributed by atoms with Crippen LogP contribution in [0.2, 0.25) is 0 Å². The predicted molar refractivity (Wildman–Crippen MR) is 130 cm³/mol. The quantitative estimate of drug-likeness (QED) is 0.305.